The SMILES string of the molecule is COc1ccc(C)cc1N(CC(=O)N(Cc1ccccc1)[C@H](Cc1ccccc1)C(=O)NC1CCCCC1)S(C)(=O)=O. The summed E-state index contributed by atoms with van der Waals surface area (Å²) < 4.78 is 32.7. The molecule has 224 valence electrons. The number of hydrogen-bond acceptors (Lipinski definition) is 5. The number of anilines is 1. The summed E-state index contributed by atoms with van der Waals surface area (Å²) in [6.45, 7) is 1.52. The third kappa shape index (κ3) is 8.35. The second-order valence-electron chi connectivity index (χ2n) is 11.0. The fourth-order valence-corrected chi connectivity index (χ4v) is 6.31. The van der Waals surface area contributed by atoms with Crippen molar-refractivity contribution in [3.8, 4) is 5.75 Å². The number of aryl methyl sites for hydroxylation is 1. The molecule has 1 N–H and O–H groups in total. The Morgan fingerprint density at radius 3 is 2.14 bits per heavy atom. The van der Waals surface area contributed by atoms with Crippen LogP contribution in [-0.4, -0.2) is 57.1 Å². The molecule has 1 aliphatic rings. The minimum Gasteiger partial charge on any atom is -0.495 e. The summed E-state index contributed by atoms with van der Waals surface area (Å²) in [6.07, 6.45) is 6.45. The molecule has 0 unspecified atom stereocenters. The first kappa shape index (κ1) is 31.1. The topological polar surface area (TPSA) is 96.0 Å². The lowest BCUT2D eigenvalue weighted by atomic mass is 9.94. The van der Waals surface area contributed by atoms with Gasteiger partial charge in [0, 0.05) is 19.0 Å². The maximum Gasteiger partial charge on any atom is 0.244 e. The van der Waals surface area contributed by atoms with Crippen LogP contribution in [0.5, 0.6) is 5.75 Å². The van der Waals surface area contributed by atoms with E-state index < -0.39 is 28.5 Å². The van der Waals surface area contributed by atoms with Gasteiger partial charge >= 0.3 is 0 Å². The predicted molar refractivity (Wildman–Crippen MR) is 166 cm³/mol. The van der Waals surface area contributed by atoms with Crippen molar-refractivity contribution in [2.24, 2.45) is 0 Å². The molecule has 1 saturated carbocycles. The fraction of sp³-hybridized carbons (Fsp3) is 0.394. The predicted octanol–water partition coefficient (Wildman–Crippen LogP) is 4.86. The number of amides is 2. The number of nitrogens with one attached hydrogen (secondary N) is 1. The average molecular weight is 592 g/mol. The molecule has 3 aromatic rings. The van der Waals surface area contributed by atoms with E-state index in [1.165, 1.54) is 12.0 Å². The zero-order chi connectivity index (χ0) is 30.1. The van der Waals surface area contributed by atoms with Crippen LogP contribution in [-0.2, 0) is 32.6 Å². The lowest BCUT2D eigenvalue weighted by Crippen LogP contribution is -2.55. The van der Waals surface area contributed by atoms with E-state index in [0.29, 0.717) is 12.2 Å². The summed E-state index contributed by atoms with van der Waals surface area (Å²) >= 11 is 0. The maximum atomic E-state index is 14.3. The van der Waals surface area contributed by atoms with Crippen molar-refractivity contribution in [2.75, 3.05) is 24.2 Å². The summed E-state index contributed by atoms with van der Waals surface area (Å²) in [5.41, 5.74) is 2.85. The zero-order valence-corrected chi connectivity index (χ0v) is 25.5. The molecule has 0 radical (unpaired) electrons. The van der Waals surface area contributed by atoms with Crippen LogP contribution >= 0.6 is 0 Å². The van der Waals surface area contributed by atoms with Gasteiger partial charge in [-0.25, -0.2) is 8.42 Å². The van der Waals surface area contributed by atoms with Gasteiger partial charge in [-0.15, -0.1) is 0 Å². The molecule has 1 fully saturated rings. The molecule has 8 nitrogen and oxygen atoms in total. The molecule has 2 amide bonds. The summed E-state index contributed by atoms with van der Waals surface area (Å²) in [5.74, 6) is -0.369. The van der Waals surface area contributed by atoms with Gasteiger partial charge in [-0.05, 0) is 48.6 Å². The first-order chi connectivity index (χ1) is 20.2. The number of nitrogens with zero attached hydrogens (tertiary/aromatic N) is 2. The first-order valence-corrected chi connectivity index (χ1v) is 16.3. The molecular formula is C33H41N3O5S. The number of sulfonamides is 1. The van der Waals surface area contributed by atoms with Gasteiger partial charge in [-0.3, -0.25) is 13.9 Å². The number of rotatable bonds is 12. The largest absolute Gasteiger partial charge is 0.495 e. The van der Waals surface area contributed by atoms with Gasteiger partial charge in [-0.1, -0.05) is 86.0 Å². The third-order valence-electron chi connectivity index (χ3n) is 7.70. The van der Waals surface area contributed by atoms with Gasteiger partial charge in [0.1, 0.15) is 18.3 Å². The van der Waals surface area contributed by atoms with E-state index in [9.17, 15) is 18.0 Å². The Labute approximate surface area is 249 Å². The second-order valence-corrected chi connectivity index (χ2v) is 12.9. The number of carbonyl (C=O) groups is 2. The quantitative estimate of drug-likeness (QED) is 0.325. The van der Waals surface area contributed by atoms with E-state index in [0.717, 1.165) is 59.4 Å². The van der Waals surface area contributed by atoms with Gasteiger partial charge in [-0.2, -0.15) is 0 Å². The summed E-state index contributed by atoms with van der Waals surface area (Å²) in [7, 11) is -2.43. The molecule has 42 heavy (non-hydrogen) atoms. The van der Waals surface area contributed by atoms with Crippen molar-refractivity contribution in [1.82, 2.24) is 10.2 Å². The Morgan fingerprint density at radius 1 is 0.929 bits per heavy atom. The number of ether oxygens (including phenoxy) is 1. The zero-order valence-electron chi connectivity index (χ0n) is 24.7. The normalized spacial score (nSPS) is 14.5. The molecule has 9 heteroatoms. The van der Waals surface area contributed by atoms with Crippen LogP contribution in [0.2, 0.25) is 0 Å². The summed E-state index contributed by atoms with van der Waals surface area (Å²) in [6, 6.07) is 23.5. The van der Waals surface area contributed by atoms with Crippen molar-refractivity contribution >= 4 is 27.5 Å². The molecule has 0 saturated heterocycles. The van der Waals surface area contributed by atoms with Gasteiger partial charge in [0.15, 0.2) is 0 Å². The fourth-order valence-electron chi connectivity index (χ4n) is 5.47. The number of carbonyl (C=O) groups excluding carboxylic acids is 2. The van der Waals surface area contributed by atoms with Gasteiger partial charge in [0.2, 0.25) is 21.8 Å². The van der Waals surface area contributed by atoms with Gasteiger partial charge < -0.3 is 15.0 Å². The summed E-state index contributed by atoms with van der Waals surface area (Å²) in [4.78, 5) is 29.8. The third-order valence-corrected chi connectivity index (χ3v) is 8.83. The number of benzene rings is 3. The molecule has 1 aliphatic carbocycles. The Morgan fingerprint density at radius 2 is 1.55 bits per heavy atom. The van der Waals surface area contributed by atoms with E-state index >= 15 is 0 Å². The highest BCUT2D eigenvalue weighted by Gasteiger charge is 2.34. The van der Waals surface area contributed by atoms with Crippen LogP contribution in [0.15, 0.2) is 78.9 Å². The lowest BCUT2D eigenvalue weighted by molar-refractivity contribution is -0.140. The molecule has 0 bridgehead atoms. The van der Waals surface area contributed by atoms with Crippen molar-refractivity contribution in [3.05, 3.63) is 95.6 Å². The molecular weight excluding hydrogens is 550 g/mol. The van der Waals surface area contributed by atoms with Crippen LogP contribution in [0.25, 0.3) is 0 Å². The van der Waals surface area contributed by atoms with Gasteiger partial charge in [0.25, 0.3) is 0 Å². The smallest absolute Gasteiger partial charge is 0.244 e. The second kappa shape index (κ2) is 14.4. The minimum atomic E-state index is -3.89. The van der Waals surface area contributed by atoms with Crippen LogP contribution < -0.4 is 14.4 Å². The Balaban J connectivity index is 1.73. The van der Waals surface area contributed by atoms with E-state index in [1.807, 2.05) is 73.7 Å². The van der Waals surface area contributed by atoms with Crippen LogP contribution in [0.3, 0.4) is 0 Å². The monoisotopic (exact) mass is 591 g/mol. The summed E-state index contributed by atoms with van der Waals surface area (Å²) in [5, 5.41) is 3.22. The van der Waals surface area contributed by atoms with E-state index in [4.69, 9.17) is 4.74 Å². The highest BCUT2D eigenvalue weighted by molar-refractivity contribution is 7.92. The molecule has 4 rings (SSSR count). The molecule has 0 spiro atoms. The van der Waals surface area contributed by atoms with Crippen molar-refractivity contribution in [1.29, 1.82) is 0 Å². The maximum absolute atomic E-state index is 14.3. The molecule has 0 heterocycles. The van der Waals surface area contributed by atoms with Crippen molar-refractivity contribution in [2.45, 2.75) is 64.1 Å². The van der Waals surface area contributed by atoms with Crippen molar-refractivity contribution < 1.29 is 22.7 Å². The van der Waals surface area contributed by atoms with E-state index in [1.54, 1.807) is 12.1 Å². The highest BCUT2D eigenvalue weighted by atomic mass is 32.2. The van der Waals surface area contributed by atoms with Gasteiger partial charge in [0.05, 0.1) is 19.1 Å². The minimum absolute atomic E-state index is 0.0577. The molecule has 1 atom stereocenters. The first-order valence-electron chi connectivity index (χ1n) is 14.5. The lowest BCUT2D eigenvalue weighted by Gasteiger charge is -2.35. The Hall–Kier alpha value is -3.85. The Bertz CT molecular complexity index is 1440. The number of hydrogen-bond donors (Lipinski definition) is 1. The molecule has 0 aromatic heterocycles. The highest BCUT2D eigenvalue weighted by Crippen LogP contribution is 2.31. The van der Waals surface area contributed by atoms with E-state index in [2.05, 4.69) is 5.32 Å². The number of methoxy groups -OCH3 is 1. The van der Waals surface area contributed by atoms with Crippen LogP contribution in [0, 0.1) is 6.92 Å². The van der Waals surface area contributed by atoms with Crippen molar-refractivity contribution in [3.63, 3.8) is 0 Å². The van der Waals surface area contributed by atoms with Crippen LogP contribution in [0.4, 0.5) is 5.69 Å². The van der Waals surface area contributed by atoms with E-state index in [-0.39, 0.29) is 24.2 Å². The Kier molecular flexibility index (Phi) is 10.6. The average Bonchev–Trinajstić information content (AvgIpc) is 2.98. The standard InChI is InChI=1S/C33H41N3O5S/c1-25-19-20-31(41-2)29(21-25)36(42(3,39)40)24-32(37)35(23-27-15-9-5-10-16-27)30(22-26-13-7-4-8-14-26)33(38)34-28-17-11-6-12-18-28/h4-5,7-10,13-16,19-21,28,30H,6,11-12,17-18,22-24H2,1-3H3,(H,34,38)/t30-/m1/s1. The molecule has 0 aliphatic heterocycles. The molecule has 3 aromatic carbocycles. The van der Waals surface area contributed by atoms with Crippen LogP contribution in [0.1, 0.15) is 48.8 Å².